The van der Waals surface area contributed by atoms with Gasteiger partial charge in [0.1, 0.15) is 0 Å². The minimum absolute atomic E-state index is 0.0340. The summed E-state index contributed by atoms with van der Waals surface area (Å²) in [6, 6.07) is 9.58. The first-order chi connectivity index (χ1) is 8.72. The summed E-state index contributed by atoms with van der Waals surface area (Å²) in [4.78, 5) is 1.26. The van der Waals surface area contributed by atoms with Gasteiger partial charge in [-0.15, -0.1) is 11.3 Å². The highest BCUT2D eigenvalue weighted by Crippen LogP contribution is 2.30. The zero-order chi connectivity index (χ0) is 13.0. The van der Waals surface area contributed by atoms with Crippen molar-refractivity contribution < 1.29 is 0 Å². The van der Waals surface area contributed by atoms with E-state index in [9.17, 15) is 0 Å². The summed E-state index contributed by atoms with van der Waals surface area (Å²) in [7, 11) is 0. The Hall–Kier alpha value is -0.580. The fraction of sp³-hybridized carbons (Fsp3) is 0.231. The van der Waals surface area contributed by atoms with Crippen molar-refractivity contribution in [2.24, 2.45) is 5.73 Å². The van der Waals surface area contributed by atoms with Gasteiger partial charge in [0.15, 0.2) is 0 Å². The molecule has 1 heterocycles. The Balaban J connectivity index is 2.13. The van der Waals surface area contributed by atoms with Gasteiger partial charge in [-0.1, -0.05) is 35.3 Å². The first-order valence-electron chi connectivity index (χ1n) is 5.62. The molecule has 0 saturated heterocycles. The van der Waals surface area contributed by atoms with Crippen LogP contribution >= 0.6 is 34.5 Å². The molecule has 1 atom stereocenters. The Bertz CT molecular complexity index is 479. The molecule has 0 spiro atoms. The molecule has 0 fully saturated rings. The van der Waals surface area contributed by atoms with Crippen LogP contribution in [0.4, 0.5) is 0 Å². The fourth-order valence-electron chi connectivity index (χ4n) is 1.78. The molecule has 18 heavy (non-hydrogen) atoms. The van der Waals surface area contributed by atoms with E-state index in [0.29, 0.717) is 16.6 Å². The van der Waals surface area contributed by atoms with E-state index in [-0.39, 0.29) is 6.04 Å². The Morgan fingerprint density at radius 1 is 1.17 bits per heavy atom. The van der Waals surface area contributed by atoms with E-state index >= 15 is 0 Å². The third-order valence-corrected chi connectivity index (χ3v) is 4.22. The van der Waals surface area contributed by atoms with Crippen LogP contribution in [0.1, 0.15) is 16.5 Å². The highest BCUT2D eigenvalue weighted by molar-refractivity contribution is 7.09. The van der Waals surface area contributed by atoms with Gasteiger partial charge in [-0.2, -0.15) is 0 Å². The van der Waals surface area contributed by atoms with Gasteiger partial charge in [0, 0.05) is 39.6 Å². The minimum Gasteiger partial charge on any atom is -0.329 e. The molecule has 2 nitrogen and oxygen atoms in total. The maximum absolute atomic E-state index is 6.19. The number of thiophene rings is 1. The highest BCUT2D eigenvalue weighted by Gasteiger charge is 2.16. The van der Waals surface area contributed by atoms with Crippen LogP contribution in [-0.2, 0) is 6.54 Å². The molecule has 1 aromatic carbocycles. The Labute approximate surface area is 121 Å². The topological polar surface area (TPSA) is 38.0 Å². The van der Waals surface area contributed by atoms with Crippen LogP contribution in [0.5, 0.6) is 0 Å². The second kappa shape index (κ2) is 6.55. The normalized spacial score (nSPS) is 12.6. The van der Waals surface area contributed by atoms with Crippen LogP contribution in [0.3, 0.4) is 0 Å². The largest absolute Gasteiger partial charge is 0.329 e. The molecule has 5 heteroatoms. The molecule has 3 N–H and O–H groups in total. The molecule has 2 rings (SSSR count). The third-order valence-electron chi connectivity index (χ3n) is 2.69. The van der Waals surface area contributed by atoms with Crippen molar-refractivity contribution in [2.45, 2.75) is 12.6 Å². The maximum atomic E-state index is 6.19. The molecule has 96 valence electrons. The molecule has 1 unspecified atom stereocenters. The van der Waals surface area contributed by atoms with E-state index in [4.69, 9.17) is 28.9 Å². The molecule has 1 aromatic heterocycles. The standard InChI is InChI=1S/C13H14Cl2N2S/c14-10-4-1-5-11(15)13(10)12(7-16)17-8-9-3-2-6-18-9/h1-6,12,17H,7-8,16H2. The summed E-state index contributed by atoms with van der Waals surface area (Å²) in [5.41, 5.74) is 6.68. The average molecular weight is 301 g/mol. The lowest BCUT2D eigenvalue weighted by Crippen LogP contribution is -2.28. The van der Waals surface area contributed by atoms with Crippen LogP contribution in [0.25, 0.3) is 0 Å². The van der Waals surface area contributed by atoms with Crippen molar-refractivity contribution in [1.29, 1.82) is 0 Å². The zero-order valence-corrected chi connectivity index (χ0v) is 12.0. The highest BCUT2D eigenvalue weighted by atomic mass is 35.5. The Morgan fingerprint density at radius 3 is 2.44 bits per heavy atom. The monoisotopic (exact) mass is 300 g/mol. The van der Waals surface area contributed by atoms with Crippen LogP contribution in [0.2, 0.25) is 10.0 Å². The number of nitrogens with one attached hydrogen (secondary N) is 1. The summed E-state index contributed by atoms with van der Waals surface area (Å²) in [5, 5.41) is 6.74. The van der Waals surface area contributed by atoms with Gasteiger partial charge in [-0.3, -0.25) is 0 Å². The lowest BCUT2D eigenvalue weighted by atomic mass is 10.1. The summed E-state index contributed by atoms with van der Waals surface area (Å²) >= 11 is 14.1. The van der Waals surface area contributed by atoms with E-state index in [1.165, 1.54) is 4.88 Å². The smallest absolute Gasteiger partial charge is 0.0477 e. The second-order valence-electron chi connectivity index (χ2n) is 3.88. The second-order valence-corrected chi connectivity index (χ2v) is 5.73. The van der Waals surface area contributed by atoms with E-state index in [1.807, 2.05) is 24.3 Å². The van der Waals surface area contributed by atoms with Crippen molar-refractivity contribution in [3.8, 4) is 0 Å². The van der Waals surface area contributed by atoms with Crippen molar-refractivity contribution in [3.05, 3.63) is 56.2 Å². The van der Waals surface area contributed by atoms with Gasteiger partial charge in [-0.05, 0) is 23.6 Å². The molecule has 0 aliphatic carbocycles. The molecule has 0 aliphatic heterocycles. The molecule has 0 radical (unpaired) electrons. The van der Waals surface area contributed by atoms with E-state index in [1.54, 1.807) is 11.3 Å². The lowest BCUT2D eigenvalue weighted by molar-refractivity contribution is 0.545. The van der Waals surface area contributed by atoms with Gasteiger partial charge in [0.25, 0.3) is 0 Å². The van der Waals surface area contributed by atoms with Gasteiger partial charge < -0.3 is 11.1 Å². The van der Waals surface area contributed by atoms with Gasteiger partial charge in [0.2, 0.25) is 0 Å². The summed E-state index contributed by atoms with van der Waals surface area (Å²) in [6.07, 6.45) is 0. The summed E-state index contributed by atoms with van der Waals surface area (Å²) < 4.78 is 0. The number of hydrogen-bond donors (Lipinski definition) is 2. The van der Waals surface area contributed by atoms with Crippen molar-refractivity contribution >= 4 is 34.5 Å². The molecular formula is C13H14Cl2N2S. The molecule has 0 aliphatic rings. The van der Waals surface area contributed by atoms with E-state index in [0.717, 1.165) is 12.1 Å². The minimum atomic E-state index is -0.0340. The molecule has 0 saturated carbocycles. The third kappa shape index (κ3) is 3.25. The number of hydrogen-bond acceptors (Lipinski definition) is 3. The molecule has 0 amide bonds. The van der Waals surface area contributed by atoms with Crippen LogP contribution < -0.4 is 11.1 Å². The van der Waals surface area contributed by atoms with Crippen molar-refractivity contribution in [2.75, 3.05) is 6.54 Å². The van der Waals surface area contributed by atoms with Crippen LogP contribution in [-0.4, -0.2) is 6.54 Å². The van der Waals surface area contributed by atoms with Crippen LogP contribution in [0.15, 0.2) is 35.7 Å². The van der Waals surface area contributed by atoms with Gasteiger partial charge >= 0.3 is 0 Å². The molecule has 0 bridgehead atoms. The number of nitrogens with two attached hydrogens (primary N) is 1. The first kappa shape index (κ1) is 13.8. The summed E-state index contributed by atoms with van der Waals surface area (Å²) in [6.45, 7) is 1.22. The van der Waals surface area contributed by atoms with Crippen molar-refractivity contribution in [1.82, 2.24) is 5.32 Å². The predicted molar refractivity (Wildman–Crippen MR) is 79.4 cm³/mol. The fourth-order valence-corrected chi connectivity index (χ4v) is 3.10. The quantitative estimate of drug-likeness (QED) is 0.880. The Morgan fingerprint density at radius 2 is 1.89 bits per heavy atom. The van der Waals surface area contributed by atoms with E-state index < -0.39 is 0 Å². The van der Waals surface area contributed by atoms with Crippen molar-refractivity contribution in [3.63, 3.8) is 0 Å². The lowest BCUT2D eigenvalue weighted by Gasteiger charge is -2.19. The van der Waals surface area contributed by atoms with Gasteiger partial charge in [-0.25, -0.2) is 0 Å². The SMILES string of the molecule is NCC(NCc1cccs1)c1c(Cl)cccc1Cl. The molecular weight excluding hydrogens is 287 g/mol. The number of benzene rings is 1. The molecule has 2 aromatic rings. The van der Waals surface area contributed by atoms with Gasteiger partial charge in [0.05, 0.1) is 0 Å². The zero-order valence-electron chi connectivity index (χ0n) is 9.70. The van der Waals surface area contributed by atoms with E-state index in [2.05, 4.69) is 16.8 Å². The first-order valence-corrected chi connectivity index (χ1v) is 7.25. The maximum Gasteiger partial charge on any atom is 0.0477 e. The number of halogens is 2. The predicted octanol–water partition coefficient (Wildman–Crippen LogP) is 3.84. The van der Waals surface area contributed by atoms with Crippen LogP contribution in [0, 0.1) is 0 Å². The number of rotatable bonds is 5. The average Bonchev–Trinajstić information content (AvgIpc) is 2.86. The summed E-state index contributed by atoms with van der Waals surface area (Å²) in [5.74, 6) is 0. The Kier molecular flexibility index (Phi) is 5.03.